The Morgan fingerprint density at radius 3 is 2.15 bits per heavy atom. The highest BCUT2D eigenvalue weighted by molar-refractivity contribution is 6.01. The summed E-state index contributed by atoms with van der Waals surface area (Å²) in [5, 5.41) is 9.24. The Kier molecular flexibility index (Phi) is 7.20. The van der Waals surface area contributed by atoms with Crippen LogP contribution in [0.2, 0.25) is 0 Å². The summed E-state index contributed by atoms with van der Waals surface area (Å²) < 4.78 is 0. The second kappa shape index (κ2) is 10.5. The molecule has 0 aromatic heterocycles. The maximum Gasteiger partial charge on any atom is 0.303 e. The molecule has 4 rings (SSSR count). The molecule has 1 atom stereocenters. The van der Waals surface area contributed by atoms with Crippen LogP contribution in [0.15, 0.2) is 78.9 Å². The first-order valence-electron chi connectivity index (χ1n) is 11.5. The van der Waals surface area contributed by atoms with Crippen LogP contribution in [0.1, 0.15) is 40.4 Å². The Morgan fingerprint density at radius 2 is 1.48 bits per heavy atom. The van der Waals surface area contributed by atoms with Gasteiger partial charge in [-0.15, -0.1) is 0 Å². The van der Waals surface area contributed by atoms with Gasteiger partial charge in [0.15, 0.2) is 0 Å². The predicted molar refractivity (Wildman–Crippen MR) is 130 cm³/mol. The van der Waals surface area contributed by atoms with Crippen molar-refractivity contribution in [2.45, 2.75) is 25.8 Å². The van der Waals surface area contributed by atoms with Crippen molar-refractivity contribution in [3.05, 3.63) is 95.6 Å². The molecule has 0 saturated carbocycles. The Hall–Kier alpha value is -3.44. The summed E-state index contributed by atoms with van der Waals surface area (Å²) in [7, 11) is 0. The maximum atomic E-state index is 13.4. The number of aryl methyl sites for hydroxylation is 1. The number of aliphatic carboxylic acids is 1. The Morgan fingerprint density at radius 1 is 0.848 bits per heavy atom. The summed E-state index contributed by atoms with van der Waals surface area (Å²) in [6, 6.07) is 26.1. The van der Waals surface area contributed by atoms with Gasteiger partial charge in [-0.25, -0.2) is 0 Å². The van der Waals surface area contributed by atoms with Gasteiger partial charge < -0.3 is 10.0 Å². The monoisotopic (exact) mass is 442 g/mol. The molecule has 5 nitrogen and oxygen atoms in total. The van der Waals surface area contributed by atoms with E-state index in [-0.39, 0.29) is 18.4 Å². The molecule has 0 unspecified atom stereocenters. The van der Waals surface area contributed by atoms with Crippen LogP contribution in [0, 0.1) is 6.92 Å². The zero-order chi connectivity index (χ0) is 23.2. The smallest absolute Gasteiger partial charge is 0.303 e. The lowest BCUT2D eigenvalue weighted by atomic mass is 9.97. The van der Waals surface area contributed by atoms with Crippen LogP contribution in [0.25, 0.3) is 11.1 Å². The van der Waals surface area contributed by atoms with Crippen molar-refractivity contribution >= 4 is 11.9 Å². The Labute approximate surface area is 195 Å². The standard InChI is InChI=1S/C28H30N2O3/c1-21-11-13-23(14-12-21)26(15-16-27(31)32)29-17-19-30(20-18-29)28(33)25-10-6-5-9-24(25)22-7-3-2-4-8-22/h2-14,26H,15-20H2,1H3,(H,31,32)/t26-/m1/s1. The number of benzene rings is 3. The molecular weight excluding hydrogens is 412 g/mol. The van der Waals surface area contributed by atoms with E-state index in [2.05, 4.69) is 29.2 Å². The highest BCUT2D eigenvalue weighted by atomic mass is 16.4. The minimum Gasteiger partial charge on any atom is -0.481 e. The van der Waals surface area contributed by atoms with Gasteiger partial charge in [0.05, 0.1) is 0 Å². The average Bonchev–Trinajstić information content (AvgIpc) is 2.85. The molecule has 1 aliphatic rings. The third-order valence-corrected chi connectivity index (χ3v) is 6.38. The van der Waals surface area contributed by atoms with Crippen LogP contribution in [-0.2, 0) is 4.79 Å². The van der Waals surface area contributed by atoms with Gasteiger partial charge in [0.25, 0.3) is 5.91 Å². The van der Waals surface area contributed by atoms with E-state index in [1.54, 1.807) is 0 Å². The first kappa shape index (κ1) is 22.7. The van der Waals surface area contributed by atoms with Crippen LogP contribution < -0.4 is 0 Å². The minimum absolute atomic E-state index is 0.0376. The zero-order valence-corrected chi connectivity index (χ0v) is 19.0. The molecule has 33 heavy (non-hydrogen) atoms. The molecule has 3 aromatic carbocycles. The minimum atomic E-state index is -0.779. The van der Waals surface area contributed by atoms with Crippen LogP contribution in [0.4, 0.5) is 0 Å². The van der Waals surface area contributed by atoms with Crippen molar-refractivity contribution in [2.24, 2.45) is 0 Å². The normalized spacial score (nSPS) is 15.2. The van der Waals surface area contributed by atoms with Gasteiger partial charge in [0.2, 0.25) is 0 Å². The molecule has 1 heterocycles. The number of hydrogen-bond donors (Lipinski definition) is 1. The van der Waals surface area contributed by atoms with Crippen LogP contribution in [0.5, 0.6) is 0 Å². The topological polar surface area (TPSA) is 60.9 Å². The quantitative estimate of drug-likeness (QED) is 0.558. The molecule has 0 bridgehead atoms. The molecule has 1 amide bonds. The van der Waals surface area contributed by atoms with Gasteiger partial charge >= 0.3 is 5.97 Å². The lowest BCUT2D eigenvalue weighted by Gasteiger charge is -2.39. The lowest BCUT2D eigenvalue weighted by molar-refractivity contribution is -0.137. The fourth-order valence-electron chi connectivity index (χ4n) is 4.55. The number of piperazine rings is 1. The summed E-state index contributed by atoms with van der Waals surface area (Å²) >= 11 is 0. The first-order valence-corrected chi connectivity index (χ1v) is 11.5. The average molecular weight is 443 g/mol. The summed E-state index contributed by atoms with van der Waals surface area (Å²) in [4.78, 5) is 28.9. The van der Waals surface area contributed by atoms with Gasteiger partial charge in [-0.3, -0.25) is 14.5 Å². The molecule has 5 heteroatoms. The van der Waals surface area contributed by atoms with E-state index in [1.165, 1.54) is 5.56 Å². The summed E-state index contributed by atoms with van der Waals surface area (Å²) in [6.07, 6.45) is 0.686. The fraction of sp³-hybridized carbons (Fsp3) is 0.286. The molecule has 0 aliphatic carbocycles. The van der Waals surface area contributed by atoms with Crippen molar-refractivity contribution in [2.75, 3.05) is 26.2 Å². The third-order valence-electron chi connectivity index (χ3n) is 6.38. The highest BCUT2D eigenvalue weighted by Gasteiger charge is 2.28. The second-order valence-electron chi connectivity index (χ2n) is 8.60. The number of carboxylic acid groups (broad SMARTS) is 1. The van der Waals surface area contributed by atoms with Crippen molar-refractivity contribution in [1.29, 1.82) is 0 Å². The number of carbonyl (C=O) groups excluding carboxylic acids is 1. The molecule has 1 aliphatic heterocycles. The third kappa shape index (κ3) is 5.49. The molecular formula is C28H30N2O3. The summed E-state index contributed by atoms with van der Waals surface area (Å²) in [6.45, 7) is 4.73. The van der Waals surface area contributed by atoms with E-state index in [9.17, 15) is 14.7 Å². The molecule has 1 saturated heterocycles. The predicted octanol–water partition coefficient (Wildman–Crippen LogP) is 5.03. The van der Waals surface area contributed by atoms with Gasteiger partial charge in [-0.05, 0) is 36.1 Å². The Balaban J connectivity index is 1.48. The molecule has 0 spiro atoms. The van der Waals surface area contributed by atoms with Crippen molar-refractivity contribution in [3.8, 4) is 11.1 Å². The number of carboxylic acids is 1. The highest BCUT2D eigenvalue weighted by Crippen LogP contribution is 2.29. The van der Waals surface area contributed by atoms with Crippen molar-refractivity contribution < 1.29 is 14.7 Å². The zero-order valence-electron chi connectivity index (χ0n) is 19.0. The van der Waals surface area contributed by atoms with Gasteiger partial charge in [-0.2, -0.15) is 0 Å². The molecule has 1 N–H and O–H groups in total. The van der Waals surface area contributed by atoms with Gasteiger partial charge in [-0.1, -0.05) is 78.4 Å². The number of rotatable bonds is 7. The maximum absolute atomic E-state index is 13.4. The number of hydrogen-bond acceptors (Lipinski definition) is 3. The van der Waals surface area contributed by atoms with E-state index in [0.717, 1.165) is 35.3 Å². The van der Waals surface area contributed by atoms with E-state index in [1.807, 2.05) is 66.4 Å². The van der Waals surface area contributed by atoms with E-state index < -0.39 is 5.97 Å². The van der Waals surface area contributed by atoms with Gasteiger partial charge in [0.1, 0.15) is 0 Å². The van der Waals surface area contributed by atoms with Crippen LogP contribution in [0.3, 0.4) is 0 Å². The van der Waals surface area contributed by atoms with E-state index in [4.69, 9.17) is 0 Å². The molecule has 3 aromatic rings. The molecule has 1 fully saturated rings. The van der Waals surface area contributed by atoms with E-state index in [0.29, 0.717) is 19.5 Å². The summed E-state index contributed by atoms with van der Waals surface area (Å²) in [5.41, 5.74) is 5.02. The van der Waals surface area contributed by atoms with Crippen molar-refractivity contribution in [3.63, 3.8) is 0 Å². The van der Waals surface area contributed by atoms with Gasteiger partial charge in [0, 0.05) is 44.2 Å². The SMILES string of the molecule is Cc1ccc([C@@H](CCC(=O)O)N2CCN(C(=O)c3ccccc3-c3ccccc3)CC2)cc1. The fourth-order valence-corrected chi connectivity index (χ4v) is 4.55. The summed E-state index contributed by atoms with van der Waals surface area (Å²) in [5.74, 6) is -0.732. The second-order valence-corrected chi connectivity index (χ2v) is 8.60. The first-order chi connectivity index (χ1) is 16.0. The van der Waals surface area contributed by atoms with Crippen LogP contribution >= 0.6 is 0 Å². The van der Waals surface area contributed by atoms with E-state index >= 15 is 0 Å². The number of amides is 1. The number of nitrogens with zero attached hydrogens (tertiary/aromatic N) is 2. The Bertz CT molecular complexity index is 1090. The molecule has 0 radical (unpaired) electrons. The van der Waals surface area contributed by atoms with Crippen LogP contribution in [-0.4, -0.2) is 53.0 Å². The number of carbonyl (C=O) groups is 2. The lowest BCUT2D eigenvalue weighted by Crippen LogP contribution is -2.49. The van der Waals surface area contributed by atoms with Crippen molar-refractivity contribution in [1.82, 2.24) is 9.80 Å². The molecule has 170 valence electrons. The largest absolute Gasteiger partial charge is 0.481 e.